The Morgan fingerprint density at radius 3 is 2.69 bits per heavy atom. The quantitative estimate of drug-likeness (QED) is 0.580. The fraction of sp³-hybridized carbons (Fsp3) is 0.773. The van der Waals surface area contributed by atoms with Crippen molar-refractivity contribution in [1.29, 1.82) is 0 Å². The van der Waals surface area contributed by atoms with Crippen molar-refractivity contribution in [3.05, 3.63) is 23.3 Å². The molecule has 1 fully saturated rings. The van der Waals surface area contributed by atoms with E-state index in [1.54, 1.807) is 0 Å². The zero-order valence-corrected chi connectivity index (χ0v) is 16.5. The van der Waals surface area contributed by atoms with Crippen LogP contribution in [0.15, 0.2) is 23.3 Å². The summed E-state index contributed by atoms with van der Waals surface area (Å²) >= 11 is 0. The third kappa shape index (κ3) is 3.38. The van der Waals surface area contributed by atoms with Gasteiger partial charge in [0.15, 0.2) is 0 Å². The number of aliphatic hydroxyl groups excluding tert-OH is 2. The molecule has 0 heterocycles. The number of rotatable bonds is 2. The number of ether oxygens (including phenoxy) is 1. The minimum absolute atomic E-state index is 0.238. The first-order chi connectivity index (χ1) is 12.3. The third-order valence-electron chi connectivity index (χ3n) is 7.39. The van der Waals surface area contributed by atoms with Gasteiger partial charge in [-0.3, -0.25) is 4.79 Å². The summed E-state index contributed by atoms with van der Waals surface area (Å²) < 4.78 is 5.26. The van der Waals surface area contributed by atoms with Gasteiger partial charge in [-0.25, -0.2) is 0 Å². The Hall–Kier alpha value is -1.13. The fourth-order valence-electron chi connectivity index (χ4n) is 5.85. The Kier molecular flexibility index (Phi) is 5.64. The third-order valence-corrected chi connectivity index (χ3v) is 7.39. The summed E-state index contributed by atoms with van der Waals surface area (Å²) in [7, 11) is 0. The first kappa shape index (κ1) is 19.6. The summed E-state index contributed by atoms with van der Waals surface area (Å²) in [5.74, 6) is 0.746. The van der Waals surface area contributed by atoms with Gasteiger partial charge in [0.25, 0.3) is 0 Å². The highest BCUT2D eigenvalue weighted by Crippen LogP contribution is 2.59. The predicted octanol–water partition coefficient (Wildman–Crippen LogP) is 3.77. The molecule has 0 aromatic rings. The van der Waals surface area contributed by atoms with E-state index in [9.17, 15) is 15.0 Å². The summed E-state index contributed by atoms with van der Waals surface area (Å²) in [4.78, 5) is 11.2. The van der Waals surface area contributed by atoms with Gasteiger partial charge in [0, 0.05) is 12.3 Å². The lowest BCUT2D eigenvalue weighted by Gasteiger charge is -2.47. The van der Waals surface area contributed by atoms with Crippen molar-refractivity contribution in [1.82, 2.24) is 0 Å². The molecule has 0 aromatic carbocycles. The first-order valence-corrected chi connectivity index (χ1v) is 10.1. The normalized spacial score (nSPS) is 41.0. The lowest BCUT2D eigenvalue weighted by Crippen LogP contribution is -2.50. The Bertz CT molecular complexity index is 607. The fourth-order valence-corrected chi connectivity index (χ4v) is 5.85. The highest BCUT2D eigenvalue weighted by Gasteiger charge is 2.56. The average Bonchev–Trinajstić information content (AvgIpc) is 2.94. The monoisotopic (exact) mass is 362 g/mol. The van der Waals surface area contributed by atoms with Gasteiger partial charge in [-0.15, -0.1) is 0 Å². The molecule has 0 radical (unpaired) electrons. The number of carbonyl (C=O) groups is 1. The van der Waals surface area contributed by atoms with Crippen molar-refractivity contribution in [2.45, 2.75) is 77.9 Å². The number of esters is 1. The SMILES string of the molecule is C=C1CCCC(COC(C)=O)CCC2=C(C)C3C1CCC3(C)C(O)C2O. The number of hydrogen-bond donors (Lipinski definition) is 2. The van der Waals surface area contributed by atoms with Crippen LogP contribution >= 0.6 is 0 Å². The van der Waals surface area contributed by atoms with E-state index >= 15 is 0 Å². The minimum atomic E-state index is -0.779. The van der Waals surface area contributed by atoms with Gasteiger partial charge in [-0.2, -0.15) is 0 Å². The lowest BCUT2D eigenvalue weighted by molar-refractivity contribution is -0.142. The van der Waals surface area contributed by atoms with E-state index in [4.69, 9.17) is 4.74 Å². The van der Waals surface area contributed by atoms with Crippen molar-refractivity contribution in [2.75, 3.05) is 6.61 Å². The second-order valence-corrected chi connectivity index (χ2v) is 8.98. The largest absolute Gasteiger partial charge is 0.466 e. The molecule has 4 nitrogen and oxygen atoms in total. The molecule has 3 aliphatic carbocycles. The second kappa shape index (κ2) is 7.47. The molecule has 2 N–H and O–H groups in total. The molecular formula is C22H34O4. The van der Waals surface area contributed by atoms with Crippen molar-refractivity contribution >= 4 is 5.97 Å². The maximum atomic E-state index is 11.2. The summed E-state index contributed by atoms with van der Waals surface area (Å²) in [5, 5.41) is 21.8. The van der Waals surface area contributed by atoms with Gasteiger partial charge in [0.2, 0.25) is 0 Å². The molecule has 3 aliphatic rings. The van der Waals surface area contributed by atoms with Crippen LogP contribution < -0.4 is 0 Å². The smallest absolute Gasteiger partial charge is 0.302 e. The molecule has 4 heteroatoms. The molecule has 0 amide bonds. The topological polar surface area (TPSA) is 66.8 Å². The standard InChI is InChI=1S/C22H34O4/c1-13-6-5-7-16(12-26-15(3)23)8-9-18-14(2)19-17(13)10-11-22(19,4)21(25)20(18)24/h16-17,19-21,24-25H,1,5-12H2,2-4H3. The van der Waals surface area contributed by atoms with Crippen LogP contribution in [0.5, 0.6) is 0 Å². The van der Waals surface area contributed by atoms with E-state index in [2.05, 4.69) is 20.4 Å². The summed E-state index contributed by atoms with van der Waals surface area (Å²) in [5.41, 5.74) is 3.30. The Morgan fingerprint density at radius 1 is 1.27 bits per heavy atom. The highest BCUT2D eigenvalue weighted by molar-refractivity contribution is 5.65. The lowest BCUT2D eigenvalue weighted by atomic mass is 9.61. The van der Waals surface area contributed by atoms with Gasteiger partial charge >= 0.3 is 5.97 Å². The molecule has 2 bridgehead atoms. The Morgan fingerprint density at radius 2 is 2.00 bits per heavy atom. The second-order valence-electron chi connectivity index (χ2n) is 8.98. The van der Waals surface area contributed by atoms with Gasteiger partial charge in [-0.1, -0.05) is 24.6 Å². The van der Waals surface area contributed by atoms with Crippen LogP contribution in [0.25, 0.3) is 0 Å². The van der Waals surface area contributed by atoms with Crippen LogP contribution in [0.2, 0.25) is 0 Å². The summed E-state index contributed by atoms with van der Waals surface area (Å²) in [6.45, 7) is 10.6. The molecule has 146 valence electrons. The summed E-state index contributed by atoms with van der Waals surface area (Å²) in [6, 6.07) is 0. The van der Waals surface area contributed by atoms with Crippen molar-refractivity contribution in [3.8, 4) is 0 Å². The average molecular weight is 363 g/mol. The number of aliphatic hydroxyl groups is 2. The van der Waals surface area contributed by atoms with Crippen molar-refractivity contribution in [2.24, 2.45) is 23.2 Å². The number of carbonyl (C=O) groups excluding carboxylic acids is 1. The van der Waals surface area contributed by atoms with E-state index in [1.807, 2.05) is 0 Å². The van der Waals surface area contributed by atoms with Crippen LogP contribution in [0, 0.1) is 23.2 Å². The van der Waals surface area contributed by atoms with Gasteiger partial charge in [0.1, 0.15) is 6.10 Å². The van der Waals surface area contributed by atoms with E-state index in [0.29, 0.717) is 18.4 Å². The predicted molar refractivity (Wildman–Crippen MR) is 101 cm³/mol. The van der Waals surface area contributed by atoms with Crippen LogP contribution in [-0.2, 0) is 9.53 Å². The van der Waals surface area contributed by atoms with Crippen molar-refractivity contribution in [3.63, 3.8) is 0 Å². The van der Waals surface area contributed by atoms with Crippen LogP contribution in [0.4, 0.5) is 0 Å². The zero-order chi connectivity index (χ0) is 19.1. The summed E-state index contributed by atoms with van der Waals surface area (Å²) in [6.07, 6.45) is 5.21. The molecule has 3 rings (SSSR count). The van der Waals surface area contributed by atoms with Crippen LogP contribution in [-0.4, -0.2) is 35.0 Å². The molecule has 6 atom stereocenters. The van der Waals surface area contributed by atoms with Gasteiger partial charge in [-0.05, 0) is 75.2 Å². The van der Waals surface area contributed by atoms with Crippen LogP contribution in [0.3, 0.4) is 0 Å². The molecule has 1 saturated carbocycles. The van der Waals surface area contributed by atoms with E-state index < -0.39 is 12.2 Å². The van der Waals surface area contributed by atoms with Crippen LogP contribution in [0.1, 0.15) is 65.7 Å². The van der Waals surface area contributed by atoms with Gasteiger partial charge < -0.3 is 14.9 Å². The minimum Gasteiger partial charge on any atom is -0.466 e. The molecule has 0 aromatic heterocycles. The molecule has 0 saturated heterocycles. The first-order valence-electron chi connectivity index (χ1n) is 10.1. The number of hydrogen-bond acceptors (Lipinski definition) is 4. The van der Waals surface area contributed by atoms with E-state index in [-0.39, 0.29) is 17.3 Å². The Labute approximate surface area is 157 Å². The maximum Gasteiger partial charge on any atom is 0.302 e. The highest BCUT2D eigenvalue weighted by atomic mass is 16.5. The Balaban J connectivity index is 1.91. The molecule has 6 unspecified atom stereocenters. The molecular weight excluding hydrogens is 328 g/mol. The zero-order valence-electron chi connectivity index (χ0n) is 16.5. The van der Waals surface area contributed by atoms with E-state index in [1.165, 1.54) is 18.1 Å². The molecule has 0 spiro atoms. The van der Waals surface area contributed by atoms with Gasteiger partial charge in [0.05, 0.1) is 12.7 Å². The van der Waals surface area contributed by atoms with E-state index in [0.717, 1.165) is 50.5 Å². The molecule has 26 heavy (non-hydrogen) atoms. The van der Waals surface area contributed by atoms with Crippen molar-refractivity contribution < 1.29 is 19.7 Å². The number of allylic oxidation sites excluding steroid dienone is 2. The molecule has 0 aliphatic heterocycles. The maximum absolute atomic E-state index is 11.2.